The first-order chi connectivity index (χ1) is 16.7. The van der Waals surface area contributed by atoms with E-state index in [1.165, 1.54) is 24.3 Å². The SMILES string of the molecule is C=CCOC(=O)c1ccc(C)c(OCC=C)c1NC(=O)[C@@H]1C[C@@H](C(C(=O)S)C(=O)OCC=C)CN1. The fourth-order valence-corrected chi connectivity index (χ4v) is 3.99. The highest BCUT2D eigenvalue weighted by Crippen LogP contribution is 2.34. The van der Waals surface area contributed by atoms with Gasteiger partial charge in [-0.2, -0.15) is 0 Å². The minimum atomic E-state index is -1.13. The van der Waals surface area contributed by atoms with Crippen LogP contribution < -0.4 is 15.4 Å². The lowest BCUT2D eigenvalue weighted by molar-refractivity contribution is -0.151. The van der Waals surface area contributed by atoms with Crippen molar-refractivity contribution in [3.63, 3.8) is 0 Å². The van der Waals surface area contributed by atoms with Gasteiger partial charge >= 0.3 is 11.9 Å². The van der Waals surface area contributed by atoms with Crippen molar-refractivity contribution in [2.24, 2.45) is 11.8 Å². The molecule has 9 nitrogen and oxygen atoms in total. The third kappa shape index (κ3) is 7.30. The Kier molecular flexibility index (Phi) is 10.8. The van der Waals surface area contributed by atoms with Crippen molar-refractivity contribution in [1.29, 1.82) is 0 Å². The summed E-state index contributed by atoms with van der Waals surface area (Å²) < 4.78 is 15.9. The van der Waals surface area contributed by atoms with E-state index in [2.05, 4.69) is 43.0 Å². The zero-order valence-corrected chi connectivity index (χ0v) is 20.5. The van der Waals surface area contributed by atoms with E-state index in [1.807, 2.05) is 0 Å². The standard InChI is InChI=1S/C25H30N2O7S/c1-5-10-32-21-15(4)8-9-17(23(29)33-11-6-2)20(21)27-22(28)18-13-16(14-26-18)19(25(31)35)24(30)34-12-7-3/h5-9,16,18-19,26H,1-3,10-14H2,4H3,(H,27,28)(H,31,35)/t16-,18+,19?/m1/s1. The number of carbonyl (C=O) groups is 4. The molecule has 0 radical (unpaired) electrons. The monoisotopic (exact) mass is 502 g/mol. The number of esters is 2. The van der Waals surface area contributed by atoms with Crippen molar-refractivity contribution in [2.45, 2.75) is 19.4 Å². The Labute approximate surface area is 210 Å². The van der Waals surface area contributed by atoms with E-state index in [9.17, 15) is 19.2 Å². The lowest BCUT2D eigenvalue weighted by atomic mass is 9.90. The van der Waals surface area contributed by atoms with Crippen molar-refractivity contribution >= 4 is 41.3 Å². The Bertz CT molecular complexity index is 1010. The van der Waals surface area contributed by atoms with E-state index in [1.54, 1.807) is 13.0 Å². The van der Waals surface area contributed by atoms with Crippen LogP contribution in [-0.2, 0) is 23.9 Å². The maximum atomic E-state index is 13.2. The lowest BCUT2D eigenvalue weighted by Gasteiger charge is -2.20. The molecule has 1 fully saturated rings. The fourth-order valence-electron chi connectivity index (χ4n) is 3.67. The minimum Gasteiger partial charge on any atom is -0.487 e. The highest BCUT2D eigenvalue weighted by Gasteiger charge is 2.41. The molecule has 0 aromatic heterocycles. The van der Waals surface area contributed by atoms with Crippen LogP contribution in [-0.4, -0.2) is 55.4 Å². The van der Waals surface area contributed by atoms with E-state index in [0.29, 0.717) is 11.3 Å². The number of thiol groups is 1. The number of carbonyl (C=O) groups excluding carboxylic acids is 4. The molecule has 2 rings (SSSR count). The van der Waals surface area contributed by atoms with Crippen molar-refractivity contribution in [2.75, 3.05) is 31.7 Å². The maximum Gasteiger partial charge on any atom is 0.340 e. The summed E-state index contributed by atoms with van der Waals surface area (Å²) in [6, 6.07) is 2.47. The number of amides is 1. The van der Waals surface area contributed by atoms with Gasteiger partial charge in [-0.15, -0.1) is 12.6 Å². The second kappa shape index (κ2) is 13.5. The average molecular weight is 503 g/mol. The first-order valence-electron chi connectivity index (χ1n) is 10.9. The highest BCUT2D eigenvalue weighted by atomic mass is 32.1. The summed E-state index contributed by atoms with van der Waals surface area (Å²) >= 11 is 3.84. The van der Waals surface area contributed by atoms with Crippen molar-refractivity contribution < 1.29 is 33.4 Å². The lowest BCUT2D eigenvalue weighted by Crippen LogP contribution is -2.36. The number of nitrogens with one attached hydrogen (secondary N) is 2. The Morgan fingerprint density at radius 1 is 1.11 bits per heavy atom. The second-order valence-corrected chi connectivity index (χ2v) is 8.24. The molecule has 1 unspecified atom stereocenters. The van der Waals surface area contributed by atoms with Gasteiger partial charge in [0.15, 0.2) is 5.12 Å². The molecule has 35 heavy (non-hydrogen) atoms. The summed E-state index contributed by atoms with van der Waals surface area (Å²) in [7, 11) is 0. The first-order valence-corrected chi connectivity index (χ1v) is 11.4. The van der Waals surface area contributed by atoms with Crippen LogP contribution in [0.2, 0.25) is 0 Å². The quantitative estimate of drug-likeness (QED) is 0.163. The molecule has 3 atom stereocenters. The third-order valence-corrected chi connectivity index (χ3v) is 5.59. The molecule has 1 amide bonds. The van der Waals surface area contributed by atoms with Gasteiger partial charge < -0.3 is 24.8 Å². The van der Waals surface area contributed by atoms with Crippen LogP contribution in [0.5, 0.6) is 5.75 Å². The molecule has 1 saturated heterocycles. The molecule has 10 heteroatoms. The summed E-state index contributed by atoms with van der Waals surface area (Å²) in [5.74, 6) is -3.17. The van der Waals surface area contributed by atoms with Crippen LogP contribution in [0.1, 0.15) is 22.3 Å². The maximum absolute atomic E-state index is 13.2. The van der Waals surface area contributed by atoms with E-state index < -0.39 is 40.8 Å². The number of aryl methyl sites for hydroxylation is 1. The number of rotatable bonds is 13. The molecule has 0 aliphatic carbocycles. The molecule has 1 aliphatic heterocycles. The zero-order chi connectivity index (χ0) is 26.0. The summed E-state index contributed by atoms with van der Waals surface area (Å²) in [4.78, 5) is 50.1. The predicted octanol–water partition coefficient (Wildman–Crippen LogP) is 2.62. The smallest absolute Gasteiger partial charge is 0.340 e. The number of ether oxygens (including phenoxy) is 3. The zero-order valence-electron chi connectivity index (χ0n) is 19.6. The van der Waals surface area contributed by atoms with Gasteiger partial charge in [0.05, 0.1) is 17.3 Å². The molecule has 1 heterocycles. The van der Waals surface area contributed by atoms with E-state index >= 15 is 0 Å². The summed E-state index contributed by atoms with van der Waals surface area (Å²) in [5, 5.41) is 5.14. The average Bonchev–Trinajstić information content (AvgIpc) is 3.30. The molecular formula is C25H30N2O7S. The van der Waals surface area contributed by atoms with Gasteiger partial charge in [-0.1, -0.05) is 44.0 Å². The molecule has 1 aliphatic rings. The number of anilines is 1. The predicted molar refractivity (Wildman–Crippen MR) is 135 cm³/mol. The van der Waals surface area contributed by atoms with Crippen molar-refractivity contribution in [1.82, 2.24) is 5.32 Å². The molecule has 0 bridgehead atoms. The number of hydrogen-bond donors (Lipinski definition) is 3. The highest BCUT2D eigenvalue weighted by molar-refractivity contribution is 7.96. The number of benzene rings is 1. The Hall–Kier alpha value is -3.37. The molecule has 1 aromatic carbocycles. The van der Waals surface area contributed by atoms with Crippen LogP contribution in [0.15, 0.2) is 50.1 Å². The molecule has 0 spiro atoms. The molecule has 0 saturated carbocycles. The van der Waals surface area contributed by atoms with E-state index in [4.69, 9.17) is 14.2 Å². The van der Waals surface area contributed by atoms with Gasteiger partial charge in [0, 0.05) is 6.54 Å². The molecular weight excluding hydrogens is 472 g/mol. The van der Waals surface area contributed by atoms with Gasteiger partial charge in [0.1, 0.15) is 31.5 Å². The van der Waals surface area contributed by atoms with Crippen LogP contribution in [0, 0.1) is 18.8 Å². The normalized spacial score (nSPS) is 17.5. The largest absolute Gasteiger partial charge is 0.487 e. The Balaban J connectivity index is 2.27. The van der Waals surface area contributed by atoms with Gasteiger partial charge in [-0.05, 0) is 30.9 Å². The summed E-state index contributed by atoms with van der Waals surface area (Å²) in [5.41, 5.74) is 0.949. The van der Waals surface area contributed by atoms with Crippen LogP contribution in [0.25, 0.3) is 0 Å². The van der Waals surface area contributed by atoms with Gasteiger partial charge in [0.25, 0.3) is 0 Å². The minimum absolute atomic E-state index is 0.00406. The molecule has 188 valence electrons. The van der Waals surface area contributed by atoms with E-state index in [0.717, 1.165) is 0 Å². The first kappa shape index (κ1) is 27.9. The fraction of sp³-hybridized carbons (Fsp3) is 0.360. The summed E-state index contributed by atoms with van der Waals surface area (Å²) in [6.07, 6.45) is 4.54. The van der Waals surface area contributed by atoms with Gasteiger partial charge in [-0.25, -0.2) is 4.79 Å². The molecule has 1 aromatic rings. The Morgan fingerprint density at radius 2 is 1.77 bits per heavy atom. The van der Waals surface area contributed by atoms with E-state index in [-0.39, 0.29) is 44.0 Å². The van der Waals surface area contributed by atoms with Crippen LogP contribution >= 0.6 is 12.6 Å². The van der Waals surface area contributed by atoms with Crippen molar-refractivity contribution in [3.8, 4) is 5.75 Å². The van der Waals surface area contributed by atoms with Gasteiger partial charge in [-0.3, -0.25) is 14.4 Å². The van der Waals surface area contributed by atoms with Crippen LogP contribution in [0.4, 0.5) is 5.69 Å². The Morgan fingerprint density at radius 3 is 2.40 bits per heavy atom. The second-order valence-electron chi connectivity index (χ2n) is 7.80. The summed E-state index contributed by atoms with van der Waals surface area (Å²) in [6.45, 7) is 12.7. The topological polar surface area (TPSA) is 120 Å². The molecule has 2 N–H and O–H groups in total. The van der Waals surface area contributed by atoms with Crippen LogP contribution in [0.3, 0.4) is 0 Å². The number of hydrogen-bond acceptors (Lipinski definition) is 8. The van der Waals surface area contributed by atoms with Crippen molar-refractivity contribution in [3.05, 3.63) is 61.2 Å². The third-order valence-electron chi connectivity index (χ3n) is 5.32. The van der Waals surface area contributed by atoms with Gasteiger partial charge in [0.2, 0.25) is 5.91 Å².